The van der Waals surface area contributed by atoms with Crippen molar-refractivity contribution in [3.63, 3.8) is 0 Å². The molecule has 3 rings (SSSR count). The molecule has 0 radical (unpaired) electrons. The van der Waals surface area contributed by atoms with E-state index < -0.39 is 36.0 Å². The largest absolute Gasteiger partial charge is 0.573 e. The molecule has 2 aromatic rings. The van der Waals surface area contributed by atoms with Crippen molar-refractivity contribution in [2.24, 2.45) is 0 Å². The molecule has 1 fully saturated rings. The number of piperidine rings is 1. The third-order valence-corrected chi connectivity index (χ3v) is 4.15. The fourth-order valence-electron chi connectivity index (χ4n) is 2.83. The summed E-state index contributed by atoms with van der Waals surface area (Å²) in [6.45, 7) is 0.460. The maximum absolute atomic E-state index is 12.5. The molecule has 0 unspecified atom stereocenters. The Hall–Kier alpha value is -2.79. The van der Waals surface area contributed by atoms with Crippen LogP contribution in [0, 0.1) is 0 Å². The first kappa shape index (κ1) is 20.0. The van der Waals surface area contributed by atoms with E-state index in [1.54, 1.807) is 0 Å². The first-order chi connectivity index (χ1) is 13.0. The lowest BCUT2D eigenvalue weighted by atomic mass is 9.96. The van der Waals surface area contributed by atoms with Crippen LogP contribution in [0.25, 0.3) is 0 Å². The average Bonchev–Trinajstić information content (AvgIpc) is 3.11. The molecule has 1 aromatic heterocycles. The van der Waals surface area contributed by atoms with Crippen molar-refractivity contribution in [3.8, 4) is 5.75 Å². The van der Waals surface area contributed by atoms with Crippen molar-refractivity contribution in [1.29, 1.82) is 0 Å². The standard InChI is InChI=1S/C16H13F6N3O3/c17-15(18,19)14-24-23-12(27-14)9-5-7-25(8-6-9)13(26)10-1-3-11(4-2-10)28-16(20,21)22/h1-4,9H,5-8H2. The van der Waals surface area contributed by atoms with Gasteiger partial charge in [0, 0.05) is 24.6 Å². The topological polar surface area (TPSA) is 68.5 Å². The molecule has 1 aromatic carbocycles. The highest BCUT2D eigenvalue weighted by Crippen LogP contribution is 2.33. The zero-order valence-electron chi connectivity index (χ0n) is 14.0. The second kappa shape index (κ2) is 7.32. The van der Waals surface area contributed by atoms with Crippen LogP contribution in [0.15, 0.2) is 28.7 Å². The average molecular weight is 409 g/mol. The van der Waals surface area contributed by atoms with Gasteiger partial charge in [-0.25, -0.2) is 0 Å². The van der Waals surface area contributed by atoms with Gasteiger partial charge in [-0.3, -0.25) is 4.79 Å². The molecule has 12 heteroatoms. The number of carbonyl (C=O) groups is 1. The number of benzene rings is 1. The van der Waals surface area contributed by atoms with Crippen molar-refractivity contribution in [3.05, 3.63) is 41.6 Å². The van der Waals surface area contributed by atoms with E-state index in [1.807, 2.05) is 0 Å². The number of aromatic nitrogens is 2. The first-order valence-corrected chi connectivity index (χ1v) is 8.08. The fraction of sp³-hybridized carbons (Fsp3) is 0.438. The lowest BCUT2D eigenvalue weighted by Crippen LogP contribution is -2.38. The number of alkyl halides is 6. The monoisotopic (exact) mass is 409 g/mol. The Morgan fingerprint density at radius 2 is 1.64 bits per heavy atom. The zero-order valence-corrected chi connectivity index (χ0v) is 14.0. The molecule has 0 saturated carbocycles. The summed E-state index contributed by atoms with van der Waals surface area (Å²) in [6.07, 6.45) is -8.90. The molecule has 28 heavy (non-hydrogen) atoms. The van der Waals surface area contributed by atoms with Gasteiger partial charge in [-0.1, -0.05) is 0 Å². The van der Waals surface area contributed by atoms with Crippen molar-refractivity contribution >= 4 is 5.91 Å². The number of carbonyl (C=O) groups excluding carboxylic acids is 1. The van der Waals surface area contributed by atoms with Crippen LogP contribution in [-0.2, 0) is 6.18 Å². The number of amides is 1. The molecule has 0 atom stereocenters. The number of ether oxygens (including phenoxy) is 1. The number of hydrogen-bond donors (Lipinski definition) is 0. The predicted molar refractivity (Wildman–Crippen MR) is 80.3 cm³/mol. The van der Waals surface area contributed by atoms with Gasteiger partial charge >= 0.3 is 18.4 Å². The van der Waals surface area contributed by atoms with Crippen molar-refractivity contribution in [1.82, 2.24) is 15.1 Å². The second-order valence-electron chi connectivity index (χ2n) is 6.08. The zero-order chi connectivity index (χ0) is 20.5. The molecule has 0 bridgehead atoms. The van der Waals surface area contributed by atoms with Gasteiger partial charge in [-0.05, 0) is 37.1 Å². The third kappa shape index (κ3) is 4.73. The Morgan fingerprint density at radius 1 is 1.04 bits per heavy atom. The summed E-state index contributed by atoms with van der Waals surface area (Å²) in [4.78, 5) is 13.9. The molecule has 0 aliphatic carbocycles. The van der Waals surface area contributed by atoms with E-state index >= 15 is 0 Å². The van der Waals surface area contributed by atoms with E-state index in [4.69, 9.17) is 0 Å². The molecular weight excluding hydrogens is 396 g/mol. The van der Waals surface area contributed by atoms with E-state index in [0.29, 0.717) is 12.8 Å². The Labute approximate surface area is 154 Å². The fourth-order valence-corrected chi connectivity index (χ4v) is 2.83. The van der Waals surface area contributed by atoms with Crippen LogP contribution in [0.4, 0.5) is 26.3 Å². The number of nitrogens with zero attached hydrogens (tertiary/aromatic N) is 3. The smallest absolute Gasteiger partial charge is 0.417 e. The van der Waals surface area contributed by atoms with E-state index in [2.05, 4.69) is 19.4 Å². The predicted octanol–water partition coefficient (Wildman–Crippen LogP) is 4.01. The summed E-state index contributed by atoms with van der Waals surface area (Å²) in [5.74, 6) is -2.80. The van der Waals surface area contributed by atoms with E-state index in [9.17, 15) is 31.1 Å². The van der Waals surface area contributed by atoms with Gasteiger partial charge in [0.1, 0.15) is 5.75 Å². The van der Waals surface area contributed by atoms with Crippen molar-refractivity contribution < 1.29 is 40.3 Å². The lowest BCUT2D eigenvalue weighted by Gasteiger charge is -2.30. The highest BCUT2D eigenvalue weighted by Gasteiger charge is 2.39. The molecule has 1 aliphatic heterocycles. The van der Waals surface area contributed by atoms with E-state index in [-0.39, 0.29) is 24.5 Å². The van der Waals surface area contributed by atoms with Crippen LogP contribution in [0.5, 0.6) is 5.75 Å². The minimum Gasteiger partial charge on any atom is -0.417 e. The highest BCUT2D eigenvalue weighted by molar-refractivity contribution is 5.94. The summed E-state index contributed by atoms with van der Waals surface area (Å²) in [5, 5.41) is 6.41. The van der Waals surface area contributed by atoms with E-state index in [1.165, 1.54) is 17.0 Å². The minimum atomic E-state index is -4.83. The van der Waals surface area contributed by atoms with Crippen LogP contribution >= 0.6 is 0 Å². The maximum Gasteiger partial charge on any atom is 0.573 e. The molecule has 2 heterocycles. The van der Waals surface area contributed by atoms with Crippen LogP contribution < -0.4 is 4.74 Å². The number of halogens is 6. The van der Waals surface area contributed by atoms with Crippen LogP contribution in [-0.4, -0.2) is 40.5 Å². The van der Waals surface area contributed by atoms with Gasteiger partial charge in [0.05, 0.1) is 0 Å². The quantitative estimate of drug-likeness (QED) is 0.717. The molecular formula is C16H13F6N3O3. The molecule has 0 N–H and O–H groups in total. The van der Waals surface area contributed by atoms with E-state index in [0.717, 1.165) is 12.1 Å². The van der Waals surface area contributed by atoms with Crippen LogP contribution in [0.2, 0.25) is 0 Å². The number of rotatable bonds is 3. The van der Waals surface area contributed by atoms with Crippen LogP contribution in [0.1, 0.15) is 40.9 Å². The summed E-state index contributed by atoms with van der Waals surface area (Å²) in [5.41, 5.74) is 0.171. The first-order valence-electron chi connectivity index (χ1n) is 8.08. The molecule has 0 spiro atoms. The SMILES string of the molecule is O=C(c1ccc(OC(F)(F)F)cc1)N1CCC(c2nnc(C(F)(F)F)o2)CC1. The molecule has 1 saturated heterocycles. The summed E-state index contributed by atoms with van der Waals surface area (Å²) < 4.78 is 82.4. The van der Waals surface area contributed by atoms with Gasteiger partial charge in [0.2, 0.25) is 5.89 Å². The van der Waals surface area contributed by atoms with Gasteiger partial charge < -0.3 is 14.1 Å². The molecule has 6 nitrogen and oxygen atoms in total. The normalized spacial score (nSPS) is 16.3. The summed E-state index contributed by atoms with van der Waals surface area (Å²) >= 11 is 0. The second-order valence-corrected chi connectivity index (χ2v) is 6.08. The number of hydrogen-bond acceptors (Lipinski definition) is 5. The molecule has 1 aliphatic rings. The lowest BCUT2D eigenvalue weighted by molar-refractivity contribution is -0.274. The summed E-state index contributed by atoms with van der Waals surface area (Å²) in [6, 6.07) is 4.49. The molecule has 152 valence electrons. The van der Waals surface area contributed by atoms with Crippen LogP contribution in [0.3, 0.4) is 0 Å². The van der Waals surface area contributed by atoms with Crippen molar-refractivity contribution in [2.45, 2.75) is 31.3 Å². The Balaban J connectivity index is 1.58. The van der Waals surface area contributed by atoms with Gasteiger partial charge in [-0.15, -0.1) is 23.4 Å². The van der Waals surface area contributed by atoms with Gasteiger partial charge in [0.25, 0.3) is 5.91 Å². The maximum atomic E-state index is 12.5. The van der Waals surface area contributed by atoms with Gasteiger partial charge in [0.15, 0.2) is 0 Å². The van der Waals surface area contributed by atoms with Crippen molar-refractivity contribution in [2.75, 3.05) is 13.1 Å². The van der Waals surface area contributed by atoms with Gasteiger partial charge in [-0.2, -0.15) is 13.2 Å². The highest BCUT2D eigenvalue weighted by atomic mass is 19.4. The minimum absolute atomic E-state index is 0.131. The Bertz CT molecular complexity index is 823. The Morgan fingerprint density at radius 3 is 2.14 bits per heavy atom. The number of likely N-dealkylation sites (tertiary alicyclic amines) is 1. The summed E-state index contributed by atoms with van der Waals surface area (Å²) in [7, 11) is 0. The Kier molecular flexibility index (Phi) is 5.22. The third-order valence-electron chi connectivity index (χ3n) is 4.15. The molecule has 1 amide bonds.